The van der Waals surface area contributed by atoms with Crippen LogP contribution in [-0.2, 0) is 6.18 Å². The van der Waals surface area contributed by atoms with Gasteiger partial charge in [-0.1, -0.05) is 23.2 Å². The number of alkyl halides is 3. The van der Waals surface area contributed by atoms with E-state index in [1.54, 1.807) is 0 Å². The minimum absolute atomic E-state index is 0.0378. The number of aromatic nitrogens is 2. The molecule has 106 valence electrons. The summed E-state index contributed by atoms with van der Waals surface area (Å²) in [5.41, 5.74) is 3.50. The van der Waals surface area contributed by atoms with Gasteiger partial charge in [-0.05, 0) is 12.1 Å². The minimum Gasteiger partial charge on any atom is -0.366 e. The molecule has 2 N–H and O–H groups in total. The lowest BCUT2D eigenvalue weighted by Crippen LogP contribution is -2.12. The smallest absolute Gasteiger partial charge is 0.366 e. The van der Waals surface area contributed by atoms with Crippen molar-refractivity contribution in [1.82, 2.24) is 9.78 Å². The molecule has 0 spiro atoms. The van der Waals surface area contributed by atoms with Crippen molar-refractivity contribution in [2.45, 2.75) is 6.18 Å². The lowest BCUT2D eigenvalue weighted by Gasteiger charge is -2.14. The van der Waals surface area contributed by atoms with Crippen LogP contribution in [0.15, 0.2) is 24.5 Å². The number of rotatable bonds is 2. The predicted molar refractivity (Wildman–Crippen MR) is 67.1 cm³/mol. The fourth-order valence-electron chi connectivity index (χ4n) is 1.59. The maximum absolute atomic E-state index is 13.0. The van der Waals surface area contributed by atoms with E-state index in [4.69, 9.17) is 28.9 Å². The Bertz CT molecular complexity index is 682. The van der Waals surface area contributed by atoms with Crippen LogP contribution in [0.4, 0.5) is 13.2 Å². The highest BCUT2D eigenvalue weighted by atomic mass is 35.5. The van der Waals surface area contributed by atoms with E-state index in [1.165, 1.54) is 0 Å². The molecule has 0 bridgehead atoms. The van der Waals surface area contributed by atoms with Gasteiger partial charge in [-0.15, -0.1) is 0 Å². The van der Waals surface area contributed by atoms with E-state index in [9.17, 15) is 18.0 Å². The quantitative estimate of drug-likeness (QED) is 0.921. The summed E-state index contributed by atoms with van der Waals surface area (Å²) in [6.07, 6.45) is -2.57. The zero-order valence-electron chi connectivity index (χ0n) is 9.58. The maximum Gasteiger partial charge on any atom is 0.418 e. The molecule has 2 rings (SSSR count). The fraction of sp³-hybridized carbons (Fsp3) is 0.0909. The van der Waals surface area contributed by atoms with Gasteiger partial charge in [-0.25, -0.2) is 4.68 Å². The first-order chi connectivity index (χ1) is 9.20. The van der Waals surface area contributed by atoms with E-state index in [0.717, 1.165) is 29.2 Å². The van der Waals surface area contributed by atoms with Gasteiger partial charge in [0.15, 0.2) is 0 Å². The summed E-state index contributed by atoms with van der Waals surface area (Å²) in [6.45, 7) is 0. The number of carbonyl (C=O) groups excluding carboxylic acids is 1. The maximum atomic E-state index is 13.0. The van der Waals surface area contributed by atoms with Crippen LogP contribution in [-0.4, -0.2) is 15.7 Å². The van der Waals surface area contributed by atoms with Crippen LogP contribution in [0.1, 0.15) is 15.9 Å². The van der Waals surface area contributed by atoms with Crippen LogP contribution in [0, 0.1) is 0 Å². The number of carbonyl (C=O) groups is 1. The predicted octanol–water partition coefficient (Wildman–Crippen LogP) is 3.30. The van der Waals surface area contributed by atoms with E-state index in [1.807, 2.05) is 0 Å². The van der Waals surface area contributed by atoms with Crippen LogP contribution < -0.4 is 5.73 Å². The second kappa shape index (κ2) is 4.99. The average molecular weight is 324 g/mol. The Morgan fingerprint density at radius 2 is 1.95 bits per heavy atom. The first-order valence-corrected chi connectivity index (χ1v) is 5.87. The molecule has 1 heterocycles. The third-order valence-corrected chi connectivity index (χ3v) is 2.94. The number of nitrogens with two attached hydrogens (primary N) is 1. The van der Waals surface area contributed by atoms with Gasteiger partial charge in [0, 0.05) is 11.2 Å². The summed E-state index contributed by atoms with van der Waals surface area (Å²) in [5, 5.41) is 3.26. The molecule has 0 atom stereocenters. The largest absolute Gasteiger partial charge is 0.418 e. The highest BCUT2D eigenvalue weighted by molar-refractivity contribution is 6.36. The summed E-state index contributed by atoms with van der Waals surface area (Å²) in [7, 11) is 0. The number of primary amides is 1. The Morgan fingerprint density at radius 3 is 2.45 bits per heavy atom. The van der Waals surface area contributed by atoms with Crippen molar-refractivity contribution in [3.63, 3.8) is 0 Å². The molecule has 20 heavy (non-hydrogen) atoms. The summed E-state index contributed by atoms with van der Waals surface area (Å²) in [6, 6.07) is 1.88. The van der Waals surface area contributed by atoms with E-state index in [0.29, 0.717) is 0 Å². The van der Waals surface area contributed by atoms with Crippen molar-refractivity contribution in [3.8, 4) is 5.69 Å². The number of hydrogen-bond acceptors (Lipinski definition) is 2. The van der Waals surface area contributed by atoms with E-state index in [-0.39, 0.29) is 15.6 Å². The highest BCUT2D eigenvalue weighted by Gasteiger charge is 2.36. The van der Waals surface area contributed by atoms with Crippen molar-refractivity contribution < 1.29 is 18.0 Å². The third kappa shape index (κ3) is 2.73. The molecule has 0 saturated carbocycles. The van der Waals surface area contributed by atoms with Crippen molar-refractivity contribution in [2.24, 2.45) is 5.73 Å². The number of halogens is 5. The Kier molecular flexibility index (Phi) is 3.66. The molecule has 0 fully saturated rings. The van der Waals surface area contributed by atoms with Gasteiger partial charge in [0.2, 0.25) is 0 Å². The van der Waals surface area contributed by atoms with Gasteiger partial charge in [0.05, 0.1) is 28.0 Å². The molecule has 0 aliphatic heterocycles. The van der Waals surface area contributed by atoms with Gasteiger partial charge >= 0.3 is 6.18 Å². The Morgan fingerprint density at radius 1 is 1.30 bits per heavy atom. The van der Waals surface area contributed by atoms with E-state index < -0.39 is 23.3 Å². The van der Waals surface area contributed by atoms with Gasteiger partial charge < -0.3 is 5.73 Å². The summed E-state index contributed by atoms with van der Waals surface area (Å²) < 4.78 is 39.9. The van der Waals surface area contributed by atoms with Crippen LogP contribution in [0.3, 0.4) is 0 Å². The Hall–Kier alpha value is -1.73. The second-order valence-electron chi connectivity index (χ2n) is 3.82. The number of amides is 1. The SMILES string of the molecule is NC(=O)c1cnn(-c2c(Cl)cc(Cl)cc2C(F)(F)F)c1. The van der Waals surface area contributed by atoms with Crippen molar-refractivity contribution in [2.75, 3.05) is 0 Å². The molecule has 1 aromatic heterocycles. The standard InChI is InChI=1S/C11H6Cl2F3N3O/c12-6-1-7(11(14,15)16)9(8(13)2-6)19-4-5(3-18-19)10(17)20/h1-4H,(H2,17,20). The lowest BCUT2D eigenvalue weighted by molar-refractivity contribution is -0.137. The van der Waals surface area contributed by atoms with Crippen LogP contribution in [0.2, 0.25) is 10.0 Å². The molecule has 0 unspecified atom stereocenters. The van der Waals surface area contributed by atoms with Crippen LogP contribution >= 0.6 is 23.2 Å². The van der Waals surface area contributed by atoms with Crippen molar-refractivity contribution in [1.29, 1.82) is 0 Å². The monoisotopic (exact) mass is 323 g/mol. The molecule has 0 saturated heterocycles. The van der Waals surface area contributed by atoms with Gasteiger partial charge in [0.25, 0.3) is 5.91 Å². The number of hydrogen-bond donors (Lipinski definition) is 1. The second-order valence-corrected chi connectivity index (χ2v) is 4.66. The summed E-state index contributed by atoms with van der Waals surface area (Å²) in [5.74, 6) is -0.810. The van der Waals surface area contributed by atoms with E-state index in [2.05, 4.69) is 5.10 Å². The molecule has 9 heteroatoms. The molecular formula is C11H6Cl2F3N3O. The van der Waals surface area contributed by atoms with Crippen molar-refractivity contribution in [3.05, 3.63) is 45.7 Å². The number of benzene rings is 1. The molecule has 0 aliphatic carbocycles. The fourth-order valence-corrected chi connectivity index (χ4v) is 2.17. The molecule has 0 aliphatic rings. The lowest BCUT2D eigenvalue weighted by atomic mass is 10.1. The van der Waals surface area contributed by atoms with Gasteiger partial charge in [-0.3, -0.25) is 4.79 Å². The normalized spacial score (nSPS) is 11.7. The summed E-state index contributed by atoms with van der Waals surface area (Å²) >= 11 is 11.4. The molecule has 4 nitrogen and oxygen atoms in total. The van der Waals surface area contributed by atoms with E-state index >= 15 is 0 Å². The third-order valence-electron chi connectivity index (χ3n) is 2.43. The number of nitrogens with zero attached hydrogens (tertiary/aromatic N) is 2. The first-order valence-electron chi connectivity index (χ1n) is 5.11. The topological polar surface area (TPSA) is 60.9 Å². The summed E-state index contributed by atoms with van der Waals surface area (Å²) in [4.78, 5) is 11.0. The first kappa shape index (κ1) is 14.7. The molecule has 2 aromatic rings. The molecule has 1 amide bonds. The van der Waals surface area contributed by atoms with Crippen LogP contribution in [0.25, 0.3) is 5.69 Å². The Balaban J connectivity index is 2.68. The zero-order valence-corrected chi connectivity index (χ0v) is 11.1. The highest BCUT2D eigenvalue weighted by Crippen LogP contribution is 2.39. The Labute approximate surface area is 120 Å². The van der Waals surface area contributed by atoms with Crippen molar-refractivity contribution >= 4 is 29.1 Å². The minimum atomic E-state index is -4.68. The van der Waals surface area contributed by atoms with Gasteiger partial charge in [-0.2, -0.15) is 18.3 Å². The molecule has 0 radical (unpaired) electrons. The molecular weight excluding hydrogens is 318 g/mol. The zero-order chi connectivity index (χ0) is 15.1. The van der Waals surface area contributed by atoms with Crippen LogP contribution in [0.5, 0.6) is 0 Å². The molecule has 1 aromatic carbocycles. The van der Waals surface area contributed by atoms with Gasteiger partial charge in [0.1, 0.15) is 0 Å². The average Bonchev–Trinajstić information content (AvgIpc) is 2.75.